The first kappa shape index (κ1) is 23.6. The predicted octanol–water partition coefficient (Wildman–Crippen LogP) is 2.01. The zero-order valence-corrected chi connectivity index (χ0v) is 19.8. The predicted molar refractivity (Wildman–Crippen MR) is 140 cm³/mol. The van der Waals surface area contributed by atoms with Crippen LogP contribution in [0.5, 0.6) is 5.75 Å². The Balaban J connectivity index is 1.52. The van der Waals surface area contributed by atoms with E-state index < -0.39 is 0 Å². The number of benzene rings is 1. The molecule has 8 heteroatoms. The molecule has 182 valence electrons. The Morgan fingerprint density at radius 3 is 2.19 bits per heavy atom. The Kier molecular flexibility index (Phi) is 7.08. The van der Waals surface area contributed by atoms with Crippen molar-refractivity contribution >= 4 is 12.2 Å². The van der Waals surface area contributed by atoms with Crippen molar-refractivity contribution in [2.24, 2.45) is 0 Å². The number of rotatable bonds is 7. The minimum atomic E-state index is -0.374. The third kappa shape index (κ3) is 5.94. The summed E-state index contributed by atoms with van der Waals surface area (Å²) in [5.41, 5.74) is 2.46. The van der Waals surface area contributed by atoms with E-state index in [1.807, 2.05) is 54.6 Å². The molecule has 8 nitrogen and oxygen atoms in total. The number of hydrogen-bond acceptors (Lipinski definition) is 6. The number of nitrogens with zero attached hydrogens (tertiary/aromatic N) is 4. The van der Waals surface area contributed by atoms with E-state index in [9.17, 15) is 9.59 Å². The van der Waals surface area contributed by atoms with Crippen LogP contribution in [0.25, 0.3) is 12.2 Å². The minimum absolute atomic E-state index is 0.141. The van der Waals surface area contributed by atoms with E-state index in [1.165, 1.54) is 4.57 Å². The van der Waals surface area contributed by atoms with Crippen LogP contribution in [0, 0.1) is 0 Å². The van der Waals surface area contributed by atoms with Gasteiger partial charge in [-0.3, -0.25) is 29.1 Å². The van der Waals surface area contributed by atoms with Crippen molar-refractivity contribution in [3.63, 3.8) is 0 Å². The molecular weight excluding hydrogens is 466 g/mol. The molecule has 0 atom stereocenters. The van der Waals surface area contributed by atoms with Gasteiger partial charge in [-0.25, -0.2) is 0 Å². The van der Waals surface area contributed by atoms with E-state index in [2.05, 4.69) is 19.9 Å². The lowest BCUT2D eigenvalue weighted by atomic mass is 10.2. The Morgan fingerprint density at radius 2 is 1.51 bits per heavy atom. The molecule has 5 rings (SSSR count). The van der Waals surface area contributed by atoms with Gasteiger partial charge in [-0.15, -0.1) is 0 Å². The Hall–Kier alpha value is -5.11. The summed E-state index contributed by atoms with van der Waals surface area (Å²) in [6.07, 6.45) is 11.6. The fraction of sp³-hybridized carbons (Fsp3) is 0.0690. The van der Waals surface area contributed by atoms with Gasteiger partial charge >= 0.3 is 0 Å². The monoisotopic (exact) mass is 489 g/mol. The first-order chi connectivity index (χ1) is 18.2. The van der Waals surface area contributed by atoms with E-state index in [-0.39, 0.29) is 28.4 Å². The smallest absolute Gasteiger partial charge is 0.275 e. The molecule has 37 heavy (non-hydrogen) atoms. The Morgan fingerprint density at radius 1 is 0.811 bits per heavy atom. The molecule has 4 aromatic heterocycles. The van der Waals surface area contributed by atoms with Gasteiger partial charge in [0, 0.05) is 24.8 Å². The van der Waals surface area contributed by atoms with Gasteiger partial charge in [0.05, 0.1) is 18.4 Å². The van der Waals surface area contributed by atoms with Gasteiger partial charge in [-0.1, -0.05) is 30.3 Å². The Labute approximate surface area is 211 Å². The number of ether oxygens (including phenoxy) is 1. The number of hydrogen-bond donors (Lipinski definition) is 1. The second kappa shape index (κ2) is 11.1. The second-order valence-electron chi connectivity index (χ2n) is 8.26. The molecule has 0 aliphatic carbocycles. The third-order valence-electron chi connectivity index (χ3n) is 5.65. The van der Waals surface area contributed by atoms with Gasteiger partial charge in [-0.2, -0.15) is 0 Å². The van der Waals surface area contributed by atoms with Crippen molar-refractivity contribution in [3.05, 3.63) is 152 Å². The summed E-state index contributed by atoms with van der Waals surface area (Å²) in [5.74, 6) is 0.588. The van der Waals surface area contributed by atoms with Crippen molar-refractivity contribution in [2.45, 2.75) is 13.2 Å². The van der Waals surface area contributed by atoms with Crippen LogP contribution in [0.1, 0.15) is 22.4 Å². The molecule has 4 heterocycles. The molecule has 0 spiro atoms. The standard InChI is InChI=1S/C29H23N5O3/c35-28-27(16-21-4-2-1-3-5-21)34(19-22-8-12-30-13-9-22)29(36)26(33-28)17-24-6-7-25(18-32-24)37-20-23-10-14-31-15-11-23/h1-18H,19-20H2,(H,33,35)/b26-17-,27-16-. The van der Waals surface area contributed by atoms with Gasteiger partial charge in [0.25, 0.3) is 11.1 Å². The van der Waals surface area contributed by atoms with Crippen LogP contribution in [0.3, 0.4) is 0 Å². The highest BCUT2D eigenvalue weighted by Gasteiger charge is 2.07. The molecule has 0 saturated carbocycles. The summed E-state index contributed by atoms with van der Waals surface area (Å²) in [5, 5.41) is 0.403. The lowest BCUT2D eigenvalue weighted by molar-refractivity contribution is 0.305. The summed E-state index contributed by atoms with van der Waals surface area (Å²) in [6.45, 7) is 0.611. The number of aromatic amines is 1. The van der Waals surface area contributed by atoms with E-state index in [4.69, 9.17) is 4.74 Å². The fourth-order valence-electron chi connectivity index (χ4n) is 3.75. The fourth-order valence-corrected chi connectivity index (χ4v) is 3.75. The molecule has 1 aromatic carbocycles. The zero-order valence-electron chi connectivity index (χ0n) is 19.8. The van der Waals surface area contributed by atoms with Gasteiger partial charge in [0.1, 0.15) is 23.1 Å². The zero-order chi connectivity index (χ0) is 25.5. The molecule has 0 radical (unpaired) electrons. The first-order valence-electron chi connectivity index (χ1n) is 11.6. The lowest BCUT2D eigenvalue weighted by Crippen LogP contribution is -2.53. The number of aromatic nitrogens is 5. The SMILES string of the molecule is O=c1[nH]/c(=C\c2ccc(OCc3ccncc3)cn2)c(=O)n(Cc2ccncc2)/c1=C\c1ccccc1. The van der Waals surface area contributed by atoms with Crippen LogP contribution >= 0.6 is 0 Å². The molecule has 0 aliphatic heterocycles. The Bertz CT molecular complexity index is 1720. The van der Waals surface area contributed by atoms with Gasteiger partial charge < -0.3 is 9.72 Å². The molecule has 0 amide bonds. The van der Waals surface area contributed by atoms with E-state index >= 15 is 0 Å². The van der Waals surface area contributed by atoms with Crippen LogP contribution in [-0.2, 0) is 13.2 Å². The molecule has 5 aromatic rings. The van der Waals surface area contributed by atoms with Crippen molar-refractivity contribution in [3.8, 4) is 5.75 Å². The highest BCUT2D eigenvalue weighted by atomic mass is 16.5. The normalized spacial score (nSPS) is 12.0. The number of pyridine rings is 3. The maximum absolute atomic E-state index is 13.5. The van der Waals surface area contributed by atoms with E-state index in [0.29, 0.717) is 18.1 Å². The third-order valence-corrected chi connectivity index (χ3v) is 5.65. The van der Waals surface area contributed by atoms with Crippen LogP contribution in [0.4, 0.5) is 0 Å². The van der Waals surface area contributed by atoms with Crippen molar-refractivity contribution in [1.29, 1.82) is 0 Å². The molecule has 0 bridgehead atoms. The number of H-pyrrole nitrogens is 1. The van der Waals surface area contributed by atoms with Gasteiger partial charge in [0.2, 0.25) is 0 Å². The molecular formula is C29H23N5O3. The van der Waals surface area contributed by atoms with Crippen LogP contribution < -0.4 is 26.6 Å². The minimum Gasteiger partial charge on any atom is -0.487 e. The largest absolute Gasteiger partial charge is 0.487 e. The van der Waals surface area contributed by atoms with Crippen molar-refractivity contribution < 1.29 is 4.74 Å². The number of nitrogens with one attached hydrogen (secondary N) is 1. The summed E-state index contributed by atoms with van der Waals surface area (Å²) >= 11 is 0. The lowest BCUT2D eigenvalue weighted by Gasteiger charge is -2.08. The average Bonchev–Trinajstić information content (AvgIpc) is 2.95. The maximum Gasteiger partial charge on any atom is 0.275 e. The molecule has 0 fully saturated rings. The highest BCUT2D eigenvalue weighted by Crippen LogP contribution is 2.11. The summed E-state index contributed by atoms with van der Waals surface area (Å²) in [7, 11) is 0. The van der Waals surface area contributed by atoms with Gasteiger partial charge in [0.15, 0.2) is 0 Å². The maximum atomic E-state index is 13.5. The van der Waals surface area contributed by atoms with Crippen molar-refractivity contribution in [1.82, 2.24) is 24.5 Å². The van der Waals surface area contributed by atoms with Crippen LogP contribution in [-0.4, -0.2) is 24.5 Å². The summed E-state index contributed by atoms with van der Waals surface area (Å²) < 4.78 is 7.23. The van der Waals surface area contributed by atoms with E-state index in [1.54, 1.807) is 55.3 Å². The quantitative estimate of drug-likeness (QED) is 0.375. The van der Waals surface area contributed by atoms with Crippen LogP contribution in [0.15, 0.2) is 107 Å². The summed E-state index contributed by atoms with van der Waals surface area (Å²) in [4.78, 5) is 41.8. The highest BCUT2D eigenvalue weighted by molar-refractivity contribution is 5.48. The molecule has 0 unspecified atom stereocenters. The molecule has 1 N–H and O–H groups in total. The van der Waals surface area contributed by atoms with Gasteiger partial charge in [-0.05, 0) is 65.2 Å². The summed E-state index contributed by atoms with van der Waals surface area (Å²) in [6, 6.07) is 20.3. The second-order valence-corrected chi connectivity index (χ2v) is 8.26. The van der Waals surface area contributed by atoms with Crippen molar-refractivity contribution in [2.75, 3.05) is 0 Å². The molecule has 0 aliphatic rings. The van der Waals surface area contributed by atoms with Crippen LogP contribution in [0.2, 0.25) is 0 Å². The molecule has 0 saturated heterocycles. The van der Waals surface area contributed by atoms with E-state index in [0.717, 1.165) is 16.7 Å². The average molecular weight is 490 g/mol. The topological polar surface area (TPSA) is 103 Å². The first-order valence-corrected chi connectivity index (χ1v) is 11.6.